The fraction of sp³-hybridized carbons (Fsp3) is 0.512. The number of likely N-dealkylation sites (N-methyl/N-ethyl adjacent to an activating group) is 1. The third-order valence-corrected chi connectivity index (χ3v) is 11.2. The maximum Gasteiger partial charge on any atom is 0.319 e. The summed E-state index contributed by atoms with van der Waals surface area (Å²) in [6, 6.07) is 9.20. The van der Waals surface area contributed by atoms with Crippen LogP contribution >= 0.6 is 11.3 Å². The first-order valence-electron chi connectivity index (χ1n) is 18.1. The molecule has 1 saturated heterocycles. The van der Waals surface area contributed by atoms with Crippen LogP contribution in [0.3, 0.4) is 0 Å². The minimum absolute atomic E-state index is 0.0185. The lowest BCUT2D eigenvalue weighted by Crippen LogP contribution is -2.40. The minimum atomic E-state index is -0.466. The molecule has 1 fully saturated rings. The first-order chi connectivity index (χ1) is 24.2. The van der Waals surface area contributed by atoms with Crippen LogP contribution in [0.1, 0.15) is 97.4 Å². The maximum atomic E-state index is 16.4. The molecular formula is C41H53F2N5O2S. The van der Waals surface area contributed by atoms with Gasteiger partial charge in [-0.05, 0) is 101 Å². The predicted molar refractivity (Wildman–Crippen MR) is 207 cm³/mol. The maximum absolute atomic E-state index is 16.4. The monoisotopic (exact) mass is 717 g/mol. The molecule has 7 nitrogen and oxygen atoms in total. The summed E-state index contributed by atoms with van der Waals surface area (Å²) in [5.74, 6) is 0.731. The van der Waals surface area contributed by atoms with Crippen LogP contribution in [-0.2, 0) is 4.79 Å². The Bertz CT molecular complexity index is 1900. The summed E-state index contributed by atoms with van der Waals surface area (Å²) in [6.07, 6.45) is 5.52. The molecule has 5 rings (SSSR count). The smallest absolute Gasteiger partial charge is 0.319 e. The van der Waals surface area contributed by atoms with Gasteiger partial charge in [-0.1, -0.05) is 54.2 Å². The molecule has 4 aromatic rings. The lowest BCUT2D eigenvalue weighted by atomic mass is 9.93. The number of hydrogen-bond acceptors (Lipinski definition) is 8. The highest BCUT2D eigenvalue weighted by Gasteiger charge is 2.28. The molecule has 0 aliphatic carbocycles. The summed E-state index contributed by atoms with van der Waals surface area (Å²) in [5.41, 5.74) is 1.71. The van der Waals surface area contributed by atoms with E-state index < -0.39 is 11.6 Å². The summed E-state index contributed by atoms with van der Waals surface area (Å²) in [6.45, 7) is 21.9. The highest BCUT2D eigenvalue weighted by Crippen LogP contribution is 2.44. The number of nitrogens with zero attached hydrogens (tertiary/aromatic N) is 5. The van der Waals surface area contributed by atoms with E-state index in [0.717, 1.165) is 37.1 Å². The number of aromatic nitrogens is 2. The first-order valence-corrected chi connectivity index (χ1v) is 18.9. The fourth-order valence-electron chi connectivity index (χ4n) is 6.79. The molecule has 3 heterocycles. The van der Waals surface area contributed by atoms with Gasteiger partial charge in [0.05, 0.1) is 15.8 Å². The van der Waals surface area contributed by atoms with Crippen molar-refractivity contribution in [2.24, 2.45) is 11.8 Å². The number of benzene rings is 2. The summed E-state index contributed by atoms with van der Waals surface area (Å²) in [4.78, 5) is 24.9. The molecule has 10 heteroatoms. The van der Waals surface area contributed by atoms with Crippen molar-refractivity contribution in [1.82, 2.24) is 14.9 Å². The molecule has 51 heavy (non-hydrogen) atoms. The Morgan fingerprint density at radius 3 is 2.39 bits per heavy atom. The second-order valence-corrected chi connectivity index (χ2v) is 15.6. The zero-order chi connectivity index (χ0) is 37.6. The Kier molecular flexibility index (Phi) is 13.7. The number of carbonyl (C=O) groups excluding carboxylic acids is 1. The zero-order valence-corrected chi connectivity index (χ0v) is 32.5. The van der Waals surface area contributed by atoms with Crippen molar-refractivity contribution in [3.63, 3.8) is 0 Å². The van der Waals surface area contributed by atoms with Crippen LogP contribution < -0.4 is 9.64 Å². The molecule has 0 saturated carbocycles. The van der Waals surface area contributed by atoms with Gasteiger partial charge in [-0.15, -0.1) is 11.3 Å². The molecule has 1 aliphatic heterocycles. The standard InChI is InChI=1S/C37H47F2N5OS.C4H6O/c1-9-44(32(22(4)5)15-12-21(2)3)36-27-17-30(39)26(18-31(27)41-37(42-36)45-20-24-11-10-16-43(24)8)25-13-14-29(38)35-33(25)28(19-40)34(46-35)23(6)7;1-3-4(2)5/h13-14,17-18,21-24,32H,9-12,15-16,20H2,1-8H3;3H,1H2,2H3. The third-order valence-electron chi connectivity index (χ3n) is 9.67. The Hall–Kier alpha value is -3.94. The number of likely N-dealkylation sites (tertiary alicyclic amines) is 1. The first kappa shape index (κ1) is 39.8. The molecule has 2 unspecified atom stereocenters. The average molecular weight is 718 g/mol. The van der Waals surface area contributed by atoms with Crippen molar-refractivity contribution in [2.75, 3.05) is 31.6 Å². The van der Waals surface area contributed by atoms with E-state index in [1.54, 1.807) is 12.1 Å². The van der Waals surface area contributed by atoms with E-state index in [1.807, 2.05) is 13.8 Å². The second-order valence-electron chi connectivity index (χ2n) is 14.6. The lowest BCUT2D eigenvalue weighted by Gasteiger charge is -2.36. The van der Waals surface area contributed by atoms with Crippen LogP contribution in [0, 0.1) is 34.8 Å². The highest BCUT2D eigenvalue weighted by atomic mass is 32.1. The number of halogens is 2. The predicted octanol–water partition coefficient (Wildman–Crippen LogP) is 10.3. The number of thiophene rings is 1. The van der Waals surface area contributed by atoms with Gasteiger partial charge in [0.15, 0.2) is 5.78 Å². The number of carbonyl (C=O) groups is 1. The Morgan fingerprint density at radius 1 is 1.14 bits per heavy atom. The molecule has 1 aliphatic rings. The summed E-state index contributed by atoms with van der Waals surface area (Å²) in [7, 11) is 2.11. The number of anilines is 1. The topological polar surface area (TPSA) is 82.4 Å². The van der Waals surface area contributed by atoms with Gasteiger partial charge in [-0.3, -0.25) is 4.79 Å². The summed E-state index contributed by atoms with van der Waals surface area (Å²) in [5, 5.41) is 11.2. The number of nitriles is 1. The molecular weight excluding hydrogens is 665 g/mol. The van der Waals surface area contributed by atoms with Crippen LogP contribution in [0.4, 0.5) is 14.6 Å². The van der Waals surface area contributed by atoms with Crippen LogP contribution in [0.2, 0.25) is 0 Å². The largest absolute Gasteiger partial charge is 0.462 e. The zero-order valence-electron chi connectivity index (χ0n) is 31.6. The van der Waals surface area contributed by atoms with E-state index in [4.69, 9.17) is 14.7 Å². The number of fused-ring (bicyclic) bond motifs is 2. The van der Waals surface area contributed by atoms with Crippen LogP contribution in [0.25, 0.3) is 32.1 Å². The molecule has 2 aromatic heterocycles. The van der Waals surface area contributed by atoms with Crippen LogP contribution in [-0.4, -0.2) is 59.5 Å². The van der Waals surface area contributed by atoms with Crippen molar-refractivity contribution in [1.29, 1.82) is 5.26 Å². The van der Waals surface area contributed by atoms with Crippen molar-refractivity contribution < 1.29 is 18.3 Å². The lowest BCUT2D eigenvalue weighted by molar-refractivity contribution is -0.112. The second kappa shape index (κ2) is 17.5. The Balaban J connectivity index is 0.00000109. The number of ketones is 1. The fourth-order valence-corrected chi connectivity index (χ4v) is 7.97. The van der Waals surface area contributed by atoms with Crippen LogP contribution in [0.15, 0.2) is 36.9 Å². The van der Waals surface area contributed by atoms with Gasteiger partial charge in [0.1, 0.15) is 30.1 Å². The molecule has 0 bridgehead atoms. The van der Waals surface area contributed by atoms with Crippen LogP contribution in [0.5, 0.6) is 6.01 Å². The van der Waals surface area contributed by atoms with E-state index in [-0.39, 0.29) is 35.4 Å². The van der Waals surface area contributed by atoms with E-state index in [0.29, 0.717) is 62.9 Å². The van der Waals surface area contributed by atoms with E-state index in [9.17, 15) is 10.1 Å². The normalized spacial score (nSPS) is 15.4. The van der Waals surface area contributed by atoms with Gasteiger partial charge in [0.2, 0.25) is 0 Å². The Labute approximate surface area is 306 Å². The van der Waals surface area contributed by atoms with Gasteiger partial charge in [0, 0.05) is 39.8 Å². The number of ether oxygens (including phenoxy) is 1. The van der Waals surface area contributed by atoms with E-state index in [2.05, 4.69) is 64.1 Å². The molecule has 0 radical (unpaired) electrons. The SMILES string of the molecule is C=CC(C)=O.CCN(c1nc(OCC2CCCN2C)nc2cc(-c3ccc(F)c4sc(C(C)C)c(C#N)c34)c(F)cc12)C(CCC(C)C)C(C)C. The number of hydrogen-bond donors (Lipinski definition) is 0. The van der Waals surface area contributed by atoms with E-state index >= 15 is 8.78 Å². The molecule has 274 valence electrons. The minimum Gasteiger partial charge on any atom is -0.462 e. The molecule has 0 spiro atoms. The van der Waals surface area contributed by atoms with Gasteiger partial charge in [-0.25, -0.2) is 8.78 Å². The highest BCUT2D eigenvalue weighted by molar-refractivity contribution is 7.19. The van der Waals surface area contributed by atoms with Crippen molar-refractivity contribution >= 4 is 43.9 Å². The van der Waals surface area contributed by atoms with Crippen molar-refractivity contribution in [3.05, 3.63) is 59.0 Å². The number of allylic oxidation sites excluding steroid dienone is 1. The molecule has 2 aromatic carbocycles. The van der Waals surface area contributed by atoms with Crippen molar-refractivity contribution in [3.8, 4) is 23.2 Å². The quantitative estimate of drug-likeness (QED) is 0.127. The summed E-state index contributed by atoms with van der Waals surface area (Å²) < 4.78 is 38.2. The number of rotatable bonds is 13. The Morgan fingerprint density at radius 2 is 1.84 bits per heavy atom. The molecule has 2 atom stereocenters. The summed E-state index contributed by atoms with van der Waals surface area (Å²) >= 11 is 1.27. The average Bonchev–Trinajstić information content (AvgIpc) is 3.69. The van der Waals surface area contributed by atoms with Gasteiger partial charge >= 0.3 is 6.01 Å². The van der Waals surface area contributed by atoms with Gasteiger partial charge < -0.3 is 14.5 Å². The third kappa shape index (κ3) is 9.11. The van der Waals surface area contributed by atoms with Gasteiger partial charge in [-0.2, -0.15) is 15.2 Å². The van der Waals surface area contributed by atoms with Crippen molar-refractivity contribution in [2.45, 2.75) is 99.1 Å². The molecule has 0 amide bonds. The molecule has 0 N–H and O–H groups in total. The van der Waals surface area contributed by atoms with Gasteiger partial charge in [0.25, 0.3) is 0 Å². The van der Waals surface area contributed by atoms with E-state index in [1.165, 1.54) is 36.5 Å².